The number of carbonyl (C=O) groups is 2. The molecule has 0 spiro atoms. The van der Waals surface area contributed by atoms with E-state index in [2.05, 4.69) is 10.6 Å². The minimum atomic E-state index is -0.390. The standard InChI is InChI=1S/C18H27N3O2/c1-21(2)17(14-9-5-3-6-10-14)18(23)19-13-16(22)20-15-11-7-4-8-12-15/h3,5-6,9-10,15,17H,4,7-8,11-13H2,1-2H3,(H,19,23)(H,20,22). The highest BCUT2D eigenvalue weighted by molar-refractivity contribution is 5.88. The van der Waals surface area contributed by atoms with Crippen LogP contribution in [0.1, 0.15) is 43.7 Å². The van der Waals surface area contributed by atoms with E-state index in [1.54, 1.807) is 0 Å². The molecule has 0 bridgehead atoms. The van der Waals surface area contributed by atoms with Crippen LogP contribution in [0.4, 0.5) is 0 Å². The monoisotopic (exact) mass is 317 g/mol. The van der Waals surface area contributed by atoms with Gasteiger partial charge in [-0.05, 0) is 32.5 Å². The summed E-state index contributed by atoms with van der Waals surface area (Å²) in [5.41, 5.74) is 0.919. The predicted molar refractivity (Wildman–Crippen MR) is 90.9 cm³/mol. The number of nitrogens with zero attached hydrogens (tertiary/aromatic N) is 1. The number of hydrogen-bond acceptors (Lipinski definition) is 3. The maximum atomic E-state index is 12.4. The molecule has 1 saturated carbocycles. The molecule has 1 fully saturated rings. The quantitative estimate of drug-likeness (QED) is 0.842. The number of nitrogens with one attached hydrogen (secondary N) is 2. The Morgan fingerprint density at radius 3 is 2.39 bits per heavy atom. The Morgan fingerprint density at radius 2 is 1.78 bits per heavy atom. The normalized spacial score (nSPS) is 16.8. The molecule has 1 aromatic carbocycles. The summed E-state index contributed by atoms with van der Waals surface area (Å²) < 4.78 is 0. The van der Waals surface area contributed by atoms with Crippen molar-refractivity contribution in [1.82, 2.24) is 15.5 Å². The zero-order valence-corrected chi connectivity index (χ0v) is 14.0. The van der Waals surface area contributed by atoms with E-state index in [1.807, 2.05) is 49.3 Å². The number of amides is 2. The third-order valence-electron chi connectivity index (χ3n) is 4.27. The average molecular weight is 317 g/mol. The Labute approximate surface area is 138 Å². The van der Waals surface area contributed by atoms with Gasteiger partial charge in [0, 0.05) is 6.04 Å². The van der Waals surface area contributed by atoms with Gasteiger partial charge < -0.3 is 10.6 Å². The van der Waals surface area contributed by atoms with Crippen LogP contribution in [0.2, 0.25) is 0 Å². The molecule has 0 saturated heterocycles. The predicted octanol–water partition coefficient (Wildman–Crippen LogP) is 1.85. The van der Waals surface area contributed by atoms with Crippen LogP contribution in [-0.2, 0) is 9.59 Å². The molecular formula is C18H27N3O2. The largest absolute Gasteiger partial charge is 0.352 e. The van der Waals surface area contributed by atoms with Crippen LogP contribution in [-0.4, -0.2) is 43.4 Å². The number of rotatable bonds is 6. The molecule has 5 nitrogen and oxygen atoms in total. The summed E-state index contributed by atoms with van der Waals surface area (Å²) in [6, 6.07) is 9.47. The topological polar surface area (TPSA) is 61.4 Å². The lowest BCUT2D eigenvalue weighted by atomic mass is 9.95. The summed E-state index contributed by atoms with van der Waals surface area (Å²) in [4.78, 5) is 26.3. The van der Waals surface area contributed by atoms with Crippen molar-refractivity contribution < 1.29 is 9.59 Å². The third kappa shape index (κ3) is 5.36. The molecule has 0 aliphatic heterocycles. The summed E-state index contributed by atoms with van der Waals surface area (Å²) in [5, 5.41) is 5.77. The van der Waals surface area contributed by atoms with Crippen LogP contribution in [0.25, 0.3) is 0 Å². The molecular weight excluding hydrogens is 290 g/mol. The van der Waals surface area contributed by atoms with Gasteiger partial charge in [0.1, 0.15) is 6.04 Å². The Balaban J connectivity index is 1.85. The highest BCUT2D eigenvalue weighted by Crippen LogP contribution is 2.18. The van der Waals surface area contributed by atoms with Crippen LogP contribution < -0.4 is 10.6 Å². The van der Waals surface area contributed by atoms with Gasteiger partial charge in [0.2, 0.25) is 11.8 Å². The second-order valence-electron chi connectivity index (χ2n) is 6.40. The van der Waals surface area contributed by atoms with Gasteiger partial charge in [0.15, 0.2) is 0 Å². The highest BCUT2D eigenvalue weighted by Gasteiger charge is 2.23. The van der Waals surface area contributed by atoms with Crippen molar-refractivity contribution in [3.63, 3.8) is 0 Å². The molecule has 2 N–H and O–H groups in total. The fraction of sp³-hybridized carbons (Fsp3) is 0.556. The van der Waals surface area contributed by atoms with Crippen molar-refractivity contribution in [3.8, 4) is 0 Å². The van der Waals surface area contributed by atoms with E-state index in [0.29, 0.717) is 0 Å². The third-order valence-corrected chi connectivity index (χ3v) is 4.27. The molecule has 1 aliphatic rings. The van der Waals surface area contributed by atoms with Gasteiger partial charge in [0.25, 0.3) is 0 Å². The van der Waals surface area contributed by atoms with Crippen molar-refractivity contribution in [3.05, 3.63) is 35.9 Å². The van der Waals surface area contributed by atoms with Gasteiger partial charge in [-0.15, -0.1) is 0 Å². The van der Waals surface area contributed by atoms with Gasteiger partial charge in [-0.1, -0.05) is 49.6 Å². The van der Waals surface area contributed by atoms with Crippen LogP contribution in [0.15, 0.2) is 30.3 Å². The van der Waals surface area contributed by atoms with E-state index < -0.39 is 6.04 Å². The molecule has 5 heteroatoms. The molecule has 1 atom stereocenters. The lowest BCUT2D eigenvalue weighted by molar-refractivity contribution is -0.129. The second kappa shape index (κ2) is 8.67. The molecule has 0 heterocycles. The number of carbonyl (C=O) groups excluding carboxylic acids is 2. The van der Waals surface area contributed by atoms with E-state index in [1.165, 1.54) is 19.3 Å². The first-order valence-electron chi connectivity index (χ1n) is 8.36. The van der Waals surface area contributed by atoms with Gasteiger partial charge >= 0.3 is 0 Å². The van der Waals surface area contributed by atoms with Gasteiger partial charge in [-0.25, -0.2) is 0 Å². The Bertz CT molecular complexity index is 510. The molecule has 0 aromatic heterocycles. The van der Waals surface area contributed by atoms with Crippen molar-refractivity contribution in [1.29, 1.82) is 0 Å². The fourth-order valence-electron chi connectivity index (χ4n) is 3.11. The Hall–Kier alpha value is -1.88. The van der Waals surface area contributed by atoms with E-state index in [-0.39, 0.29) is 24.4 Å². The summed E-state index contributed by atoms with van der Waals surface area (Å²) in [5.74, 6) is -0.254. The van der Waals surface area contributed by atoms with E-state index in [0.717, 1.165) is 18.4 Å². The number of benzene rings is 1. The molecule has 1 aliphatic carbocycles. The smallest absolute Gasteiger partial charge is 0.242 e. The average Bonchev–Trinajstić information content (AvgIpc) is 2.55. The summed E-state index contributed by atoms with van der Waals surface area (Å²) in [6.07, 6.45) is 5.70. The lowest BCUT2D eigenvalue weighted by Gasteiger charge is -2.25. The number of likely N-dealkylation sites (N-methyl/N-ethyl adjacent to an activating group) is 1. The maximum Gasteiger partial charge on any atom is 0.242 e. The Morgan fingerprint density at radius 1 is 1.13 bits per heavy atom. The summed E-state index contributed by atoms with van der Waals surface area (Å²) in [7, 11) is 3.72. The van der Waals surface area contributed by atoms with Gasteiger partial charge in [-0.3, -0.25) is 14.5 Å². The second-order valence-corrected chi connectivity index (χ2v) is 6.40. The zero-order chi connectivity index (χ0) is 16.7. The van der Waals surface area contributed by atoms with Crippen LogP contribution in [0.5, 0.6) is 0 Å². The molecule has 1 unspecified atom stereocenters. The van der Waals surface area contributed by atoms with Crippen LogP contribution in [0, 0.1) is 0 Å². The van der Waals surface area contributed by atoms with Crippen molar-refractivity contribution >= 4 is 11.8 Å². The molecule has 23 heavy (non-hydrogen) atoms. The first-order chi connectivity index (χ1) is 11.1. The summed E-state index contributed by atoms with van der Waals surface area (Å²) >= 11 is 0. The summed E-state index contributed by atoms with van der Waals surface area (Å²) in [6.45, 7) is 0.0342. The molecule has 0 radical (unpaired) electrons. The minimum Gasteiger partial charge on any atom is -0.352 e. The molecule has 126 valence electrons. The molecule has 1 aromatic rings. The first-order valence-corrected chi connectivity index (χ1v) is 8.36. The van der Waals surface area contributed by atoms with Crippen molar-refractivity contribution in [2.75, 3.05) is 20.6 Å². The molecule has 2 rings (SSSR count). The molecule has 2 amide bonds. The minimum absolute atomic E-state index is 0.0342. The van der Waals surface area contributed by atoms with E-state index >= 15 is 0 Å². The Kier molecular flexibility index (Phi) is 6.59. The fourth-order valence-corrected chi connectivity index (χ4v) is 3.11. The van der Waals surface area contributed by atoms with Gasteiger partial charge in [-0.2, -0.15) is 0 Å². The maximum absolute atomic E-state index is 12.4. The van der Waals surface area contributed by atoms with Gasteiger partial charge in [0.05, 0.1) is 6.54 Å². The first kappa shape index (κ1) is 17.5. The van der Waals surface area contributed by atoms with Crippen molar-refractivity contribution in [2.24, 2.45) is 0 Å². The number of hydrogen-bond donors (Lipinski definition) is 2. The van der Waals surface area contributed by atoms with E-state index in [4.69, 9.17) is 0 Å². The van der Waals surface area contributed by atoms with Crippen molar-refractivity contribution in [2.45, 2.75) is 44.2 Å². The SMILES string of the molecule is CN(C)C(C(=O)NCC(=O)NC1CCCCC1)c1ccccc1. The van der Waals surface area contributed by atoms with Crippen LogP contribution >= 0.6 is 0 Å². The highest BCUT2D eigenvalue weighted by atomic mass is 16.2. The van der Waals surface area contributed by atoms with Crippen LogP contribution in [0.3, 0.4) is 0 Å². The zero-order valence-electron chi connectivity index (χ0n) is 14.0. The lowest BCUT2D eigenvalue weighted by Crippen LogP contribution is -2.45. The van der Waals surface area contributed by atoms with E-state index in [9.17, 15) is 9.59 Å².